The van der Waals surface area contributed by atoms with Crippen LogP contribution in [0, 0.1) is 6.92 Å². The van der Waals surface area contributed by atoms with Gasteiger partial charge in [0.25, 0.3) is 11.5 Å². The summed E-state index contributed by atoms with van der Waals surface area (Å²) in [6.07, 6.45) is 3.19. The first kappa shape index (κ1) is 22.9. The largest absolute Gasteiger partial charge is 0.459 e. The average Bonchev–Trinajstić information content (AvgIpc) is 3.52. The van der Waals surface area contributed by atoms with Crippen molar-refractivity contribution in [2.24, 2.45) is 7.05 Å². The zero-order valence-electron chi connectivity index (χ0n) is 19.3. The van der Waals surface area contributed by atoms with Crippen molar-refractivity contribution in [3.8, 4) is 0 Å². The molecule has 1 N–H and O–H groups in total. The van der Waals surface area contributed by atoms with Crippen molar-refractivity contribution in [1.29, 1.82) is 0 Å². The lowest BCUT2D eigenvalue weighted by Gasteiger charge is -2.35. The van der Waals surface area contributed by atoms with Gasteiger partial charge in [-0.3, -0.25) is 19.1 Å². The first-order valence-electron chi connectivity index (χ1n) is 11.1. The molecule has 182 valence electrons. The number of anilines is 1. The quantitative estimate of drug-likeness (QED) is 0.305. The Morgan fingerprint density at radius 3 is 2.69 bits per heavy atom. The third-order valence-electron chi connectivity index (χ3n) is 5.89. The molecule has 35 heavy (non-hydrogen) atoms. The van der Waals surface area contributed by atoms with Crippen LogP contribution in [0.3, 0.4) is 0 Å². The second-order valence-electron chi connectivity index (χ2n) is 8.14. The van der Waals surface area contributed by atoms with Gasteiger partial charge in [-0.15, -0.1) is 0 Å². The van der Waals surface area contributed by atoms with E-state index in [4.69, 9.17) is 4.42 Å². The van der Waals surface area contributed by atoms with Gasteiger partial charge < -0.3 is 18.8 Å². The topological polar surface area (TPSA) is 135 Å². The molecule has 1 amide bonds. The van der Waals surface area contributed by atoms with Crippen LogP contribution in [0.25, 0.3) is 11.2 Å². The number of carbonyl (C=O) groups is 1. The molecular formula is C22H24N8O4S. The number of rotatable bonds is 6. The van der Waals surface area contributed by atoms with Gasteiger partial charge in [-0.25, -0.2) is 14.8 Å². The van der Waals surface area contributed by atoms with Crippen molar-refractivity contribution in [2.45, 2.75) is 18.6 Å². The van der Waals surface area contributed by atoms with Gasteiger partial charge in [-0.1, -0.05) is 11.8 Å². The van der Waals surface area contributed by atoms with Gasteiger partial charge in [0.1, 0.15) is 0 Å². The van der Waals surface area contributed by atoms with Crippen LogP contribution >= 0.6 is 11.8 Å². The predicted octanol–water partition coefficient (Wildman–Crippen LogP) is 0.869. The van der Waals surface area contributed by atoms with Crippen LogP contribution in [-0.2, 0) is 13.6 Å². The number of aromatic amines is 1. The normalized spacial score (nSPS) is 14.1. The summed E-state index contributed by atoms with van der Waals surface area (Å²) >= 11 is 1.48. The standard InChI is InChI=1S/C22H24N8O4S/c1-14-5-6-23-20(24-14)35-13-11-30-16-17(27(2)22(33)26-18(16)31)25-21(30)29-9-7-28(8-10-29)19(32)15-4-3-12-34-15/h3-6,12H,7-11,13H2,1-2H3,(H,26,31,33). The highest BCUT2D eigenvalue weighted by molar-refractivity contribution is 7.99. The number of fused-ring (bicyclic) bond motifs is 1. The number of piperazine rings is 1. The third-order valence-corrected chi connectivity index (χ3v) is 6.73. The average molecular weight is 497 g/mol. The fourth-order valence-electron chi connectivity index (χ4n) is 4.07. The molecule has 0 radical (unpaired) electrons. The maximum Gasteiger partial charge on any atom is 0.329 e. The van der Waals surface area contributed by atoms with E-state index in [0.717, 1.165) is 5.69 Å². The molecule has 1 aliphatic rings. The first-order chi connectivity index (χ1) is 16.9. The minimum atomic E-state index is -0.518. The molecule has 13 heteroatoms. The first-order valence-corrected chi connectivity index (χ1v) is 12.1. The number of hydrogen-bond donors (Lipinski definition) is 1. The molecule has 4 aromatic rings. The van der Waals surface area contributed by atoms with Crippen LogP contribution in [-0.4, -0.2) is 71.8 Å². The lowest BCUT2D eigenvalue weighted by Crippen LogP contribution is -2.49. The lowest BCUT2D eigenvalue weighted by atomic mass is 10.3. The number of nitrogens with zero attached hydrogens (tertiary/aromatic N) is 7. The van der Waals surface area contributed by atoms with Gasteiger partial charge in [0.05, 0.1) is 6.26 Å². The van der Waals surface area contributed by atoms with Crippen LogP contribution in [0.4, 0.5) is 5.95 Å². The van der Waals surface area contributed by atoms with E-state index in [-0.39, 0.29) is 5.91 Å². The summed E-state index contributed by atoms with van der Waals surface area (Å²) in [4.78, 5) is 57.1. The molecule has 0 aliphatic carbocycles. The van der Waals surface area contributed by atoms with Gasteiger partial charge in [-0.05, 0) is 25.1 Å². The number of imidazole rings is 1. The number of furan rings is 1. The molecule has 4 aromatic heterocycles. The highest BCUT2D eigenvalue weighted by Gasteiger charge is 2.28. The van der Waals surface area contributed by atoms with E-state index >= 15 is 0 Å². The number of aryl methyl sites for hydroxylation is 3. The molecule has 0 unspecified atom stereocenters. The molecule has 0 spiro atoms. The molecule has 1 aliphatic heterocycles. The summed E-state index contributed by atoms with van der Waals surface area (Å²) < 4.78 is 8.41. The SMILES string of the molecule is Cc1ccnc(SCCn2c(N3CCN(C(=O)c4ccco4)CC3)nc3c2c(=O)[nH]c(=O)n3C)n1. The Hall–Kier alpha value is -3.87. The second-order valence-corrected chi connectivity index (χ2v) is 9.20. The molecule has 0 aromatic carbocycles. The van der Waals surface area contributed by atoms with Crippen molar-refractivity contribution < 1.29 is 9.21 Å². The molecule has 0 bridgehead atoms. The number of aromatic nitrogens is 6. The van der Waals surface area contributed by atoms with Crippen LogP contribution in [0.5, 0.6) is 0 Å². The summed E-state index contributed by atoms with van der Waals surface area (Å²) in [5.41, 5.74) is 0.534. The van der Waals surface area contributed by atoms with Gasteiger partial charge >= 0.3 is 5.69 Å². The fourth-order valence-corrected chi connectivity index (χ4v) is 4.87. The molecule has 1 saturated heterocycles. The van der Waals surface area contributed by atoms with E-state index in [1.54, 1.807) is 30.3 Å². The van der Waals surface area contributed by atoms with Crippen LogP contribution < -0.4 is 16.1 Å². The van der Waals surface area contributed by atoms with Crippen LogP contribution in [0.2, 0.25) is 0 Å². The number of thioether (sulfide) groups is 1. The second kappa shape index (κ2) is 9.41. The number of hydrogen-bond acceptors (Lipinski definition) is 9. The number of amides is 1. The van der Waals surface area contributed by atoms with E-state index in [1.165, 1.54) is 22.6 Å². The maximum atomic E-state index is 12.8. The minimum absolute atomic E-state index is 0.156. The summed E-state index contributed by atoms with van der Waals surface area (Å²) in [6.45, 7) is 4.36. The number of carbonyl (C=O) groups excluding carboxylic acids is 1. The molecule has 5 rings (SSSR count). The van der Waals surface area contributed by atoms with Gasteiger partial charge in [0.15, 0.2) is 22.1 Å². The van der Waals surface area contributed by atoms with Crippen molar-refractivity contribution in [2.75, 3.05) is 36.8 Å². The van der Waals surface area contributed by atoms with E-state index < -0.39 is 11.2 Å². The minimum Gasteiger partial charge on any atom is -0.459 e. The molecule has 0 saturated carbocycles. The van der Waals surface area contributed by atoms with Gasteiger partial charge in [0, 0.05) is 57.4 Å². The number of nitrogens with one attached hydrogen (secondary N) is 1. The van der Waals surface area contributed by atoms with Crippen molar-refractivity contribution in [3.63, 3.8) is 0 Å². The highest BCUT2D eigenvalue weighted by Crippen LogP contribution is 2.23. The van der Waals surface area contributed by atoms with Gasteiger partial charge in [0.2, 0.25) is 5.95 Å². The molecular weight excluding hydrogens is 472 g/mol. The zero-order valence-corrected chi connectivity index (χ0v) is 20.1. The lowest BCUT2D eigenvalue weighted by molar-refractivity contribution is 0.0714. The monoisotopic (exact) mass is 496 g/mol. The van der Waals surface area contributed by atoms with E-state index in [1.807, 2.05) is 22.5 Å². The van der Waals surface area contributed by atoms with Gasteiger partial charge in [-0.2, -0.15) is 4.98 Å². The molecule has 0 atom stereocenters. The van der Waals surface area contributed by atoms with E-state index in [2.05, 4.69) is 19.9 Å². The summed E-state index contributed by atoms with van der Waals surface area (Å²) in [6, 6.07) is 5.17. The van der Waals surface area contributed by atoms with Crippen molar-refractivity contribution >= 4 is 34.8 Å². The predicted molar refractivity (Wildman–Crippen MR) is 130 cm³/mol. The Bertz CT molecular complexity index is 1480. The van der Waals surface area contributed by atoms with E-state index in [0.29, 0.717) is 66.5 Å². The van der Waals surface area contributed by atoms with Crippen molar-refractivity contribution in [3.05, 3.63) is 63.0 Å². The summed E-state index contributed by atoms with van der Waals surface area (Å²) in [7, 11) is 1.58. The zero-order chi connectivity index (χ0) is 24.5. The van der Waals surface area contributed by atoms with E-state index in [9.17, 15) is 14.4 Å². The van der Waals surface area contributed by atoms with Crippen molar-refractivity contribution in [1.82, 2.24) is 34.0 Å². The smallest absolute Gasteiger partial charge is 0.329 e. The molecule has 1 fully saturated rings. The van der Waals surface area contributed by atoms with Crippen LogP contribution in [0.1, 0.15) is 16.2 Å². The number of H-pyrrole nitrogens is 1. The Balaban J connectivity index is 1.41. The Morgan fingerprint density at radius 2 is 1.97 bits per heavy atom. The maximum absolute atomic E-state index is 12.8. The highest BCUT2D eigenvalue weighted by atomic mass is 32.2. The fraction of sp³-hybridized carbons (Fsp3) is 0.364. The summed E-state index contributed by atoms with van der Waals surface area (Å²) in [5, 5.41) is 0.655. The van der Waals surface area contributed by atoms with Crippen LogP contribution in [0.15, 0.2) is 49.8 Å². The Morgan fingerprint density at radius 1 is 1.17 bits per heavy atom. The third kappa shape index (κ3) is 4.46. The molecule has 5 heterocycles. The Kier molecular flexibility index (Phi) is 6.16. The Labute approximate surface area is 203 Å². The summed E-state index contributed by atoms with van der Waals surface area (Å²) in [5.74, 6) is 1.34. The molecule has 12 nitrogen and oxygen atoms in total.